The Bertz CT molecular complexity index is 885. The second-order valence-corrected chi connectivity index (χ2v) is 6.11. The number of anilines is 1. The summed E-state index contributed by atoms with van der Waals surface area (Å²) in [4.78, 5) is 0. The summed E-state index contributed by atoms with van der Waals surface area (Å²) in [5.41, 5.74) is 12.7. The lowest BCUT2D eigenvalue weighted by molar-refractivity contribution is -0.274. The van der Waals surface area contributed by atoms with Gasteiger partial charge in [-0.25, -0.2) is 5.01 Å². The quantitative estimate of drug-likeness (QED) is 0.705. The number of hydrogen-bond donors (Lipinski definition) is 2. The van der Waals surface area contributed by atoms with Crippen molar-refractivity contribution in [2.45, 2.75) is 25.4 Å². The van der Waals surface area contributed by atoms with Crippen LogP contribution in [-0.2, 0) is 4.74 Å². The molecule has 0 saturated carbocycles. The summed E-state index contributed by atoms with van der Waals surface area (Å²) in [6, 6.07) is 13.0. The van der Waals surface area contributed by atoms with Crippen LogP contribution < -0.4 is 21.2 Å². The van der Waals surface area contributed by atoms with E-state index in [0.717, 1.165) is 6.42 Å². The molecular formula is C21H25F3N4O2. The molecule has 3 rings (SSSR count). The zero-order chi connectivity index (χ0) is 22.1. The van der Waals surface area contributed by atoms with E-state index < -0.39 is 12.6 Å². The van der Waals surface area contributed by atoms with Crippen molar-refractivity contribution >= 4 is 11.4 Å². The normalized spacial score (nSPS) is 14.9. The van der Waals surface area contributed by atoms with E-state index in [9.17, 15) is 13.2 Å². The highest BCUT2D eigenvalue weighted by Gasteiger charge is 2.32. The zero-order valence-corrected chi connectivity index (χ0v) is 16.8. The highest BCUT2D eigenvalue weighted by atomic mass is 19.4. The SMILES string of the molecule is CN.COC(N)C1=NN(c2cccc(-c3ccccc3OC(F)(F)F)c2)C=CCC1. The summed E-state index contributed by atoms with van der Waals surface area (Å²) in [5, 5.41) is 6.17. The van der Waals surface area contributed by atoms with Crippen molar-refractivity contribution in [3.05, 3.63) is 60.8 Å². The molecule has 0 bridgehead atoms. The maximum atomic E-state index is 12.7. The van der Waals surface area contributed by atoms with Crippen LogP contribution in [0.1, 0.15) is 12.8 Å². The Labute approximate surface area is 173 Å². The lowest BCUT2D eigenvalue weighted by Crippen LogP contribution is -2.33. The Balaban J connectivity index is 0.00000155. The number of rotatable bonds is 5. The minimum Gasteiger partial charge on any atom is -0.405 e. The molecule has 1 atom stereocenters. The molecule has 1 aliphatic heterocycles. The molecule has 30 heavy (non-hydrogen) atoms. The van der Waals surface area contributed by atoms with E-state index in [0.29, 0.717) is 28.9 Å². The molecule has 0 radical (unpaired) electrons. The van der Waals surface area contributed by atoms with Crippen molar-refractivity contribution in [2.75, 3.05) is 19.2 Å². The fourth-order valence-electron chi connectivity index (χ4n) is 2.84. The maximum Gasteiger partial charge on any atom is 0.573 e. The topological polar surface area (TPSA) is 86.1 Å². The van der Waals surface area contributed by atoms with Crippen molar-refractivity contribution in [3.63, 3.8) is 0 Å². The zero-order valence-electron chi connectivity index (χ0n) is 16.8. The highest BCUT2D eigenvalue weighted by Crippen LogP contribution is 2.35. The second-order valence-electron chi connectivity index (χ2n) is 6.11. The monoisotopic (exact) mass is 422 g/mol. The first kappa shape index (κ1) is 23.4. The minimum atomic E-state index is -4.77. The van der Waals surface area contributed by atoms with Crippen LogP contribution in [0.5, 0.6) is 5.75 Å². The molecule has 2 aromatic carbocycles. The van der Waals surface area contributed by atoms with Gasteiger partial charge in [-0.1, -0.05) is 36.4 Å². The summed E-state index contributed by atoms with van der Waals surface area (Å²) in [7, 11) is 3.01. The molecule has 0 saturated heterocycles. The fraction of sp³-hybridized carbons (Fsp3) is 0.286. The van der Waals surface area contributed by atoms with Crippen molar-refractivity contribution in [3.8, 4) is 16.9 Å². The number of ether oxygens (including phenoxy) is 2. The number of allylic oxidation sites excluding steroid dienone is 1. The molecule has 4 N–H and O–H groups in total. The summed E-state index contributed by atoms with van der Waals surface area (Å²) in [5.74, 6) is -0.260. The van der Waals surface area contributed by atoms with Gasteiger partial charge in [0.2, 0.25) is 0 Å². The summed E-state index contributed by atoms with van der Waals surface area (Å²) < 4.78 is 47.5. The van der Waals surface area contributed by atoms with E-state index in [-0.39, 0.29) is 5.75 Å². The molecule has 1 heterocycles. The molecule has 0 spiro atoms. The van der Waals surface area contributed by atoms with Crippen molar-refractivity contribution < 1.29 is 22.6 Å². The molecule has 0 aliphatic carbocycles. The Morgan fingerprint density at radius 1 is 1.10 bits per heavy atom. The highest BCUT2D eigenvalue weighted by molar-refractivity contribution is 5.89. The van der Waals surface area contributed by atoms with Gasteiger partial charge in [0.25, 0.3) is 0 Å². The number of nitrogens with zero attached hydrogens (tertiary/aromatic N) is 2. The van der Waals surface area contributed by atoms with Gasteiger partial charge in [0.05, 0.1) is 11.4 Å². The van der Waals surface area contributed by atoms with Gasteiger partial charge in [-0.15, -0.1) is 13.2 Å². The standard InChI is InChI=1S/C20H20F3N3O2.CH5N/c1-27-19(24)17-10-4-5-12-26(25-17)15-8-6-7-14(13-15)16-9-2-3-11-18(16)28-20(21,22)23;1-2/h2-3,5-9,11-13,19H,4,10,24H2,1H3;2H2,1H3. The molecule has 6 nitrogen and oxygen atoms in total. The van der Waals surface area contributed by atoms with E-state index in [2.05, 4.69) is 15.6 Å². The number of alkyl halides is 3. The number of para-hydroxylation sites is 1. The average Bonchev–Trinajstić information content (AvgIpc) is 3.00. The van der Waals surface area contributed by atoms with Gasteiger partial charge in [-0.05, 0) is 43.7 Å². The largest absolute Gasteiger partial charge is 0.573 e. The van der Waals surface area contributed by atoms with Crippen molar-refractivity contribution in [2.24, 2.45) is 16.6 Å². The third-order valence-corrected chi connectivity index (χ3v) is 4.17. The minimum absolute atomic E-state index is 0.260. The van der Waals surface area contributed by atoms with E-state index >= 15 is 0 Å². The van der Waals surface area contributed by atoms with Gasteiger partial charge in [-0.2, -0.15) is 5.10 Å². The van der Waals surface area contributed by atoms with E-state index in [1.54, 1.807) is 41.5 Å². The first-order valence-electron chi connectivity index (χ1n) is 9.22. The number of halogens is 3. The maximum absolute atomic E-state index is 12.7. The molecule has 1 aliphatic rings. The van der Waals surface area contributed by atoms with Crippen LogP contribution in [0.4, 0.5) is 18.9 Å². The molecule has 2 aromatic rings. The number of benzene rings is 2. The molecular weight excluding hydrogens is 397 g/mol. The van der Waals surface area contributed by atoms with Crippen LogP contribution in [0.25, 0.3) is 11.1 Å². The fourth-order valence-corrected chi connectivity index (χ4v) is 2.84. The predicted octanol–water partition coefficient (Wildman–Crippen LogP) is 4.23. The van der Waals surface area contributed by atoms with Crippen LogP contribution >= 0.6 is 0 Å². The van der Waals surface area contributed by atoms with Crippen LogP contribution in [0, 0.1) is 0 Å². The van der Waals surface area contributed by atoms with Gasteiger partial charge < -0.3 is 20.9 Å². The van der Waals surface area contributed by atoms with Crippen LogP contribution in [0.15, 0.2) is 65.9 Å². The van der Waals surface area contributed by atoms with Gasteiger partial charge in [0, 0.05) is 18.9 Å². The Morgan fingerprint density at radius 2 is 1.83 bits per heavy atom. The Morgan fingerprint density at radius 3 is 2.53 bits per heavy atom. The lowest BCUT2D eigenvalue weighted by Gasteiger charge is -2.19. The third-order valence-electron chi connectivity index (χ3n) is 4.17. The first-order valence-corrected chi connectivity index (χ1v) is 9.22. The third kappa shape index (κ3) is 6.31. The van der Waals surface area contributed by atoms with E-state index in [1.807, 2.05) is 12.1 Å². The van der Waals surface area contributed by atoms with Crippen molar-refractivity contribution in [1.29, 1.82) is 0 Å². The van der Waals surface area contributed by atoms with Gasteiger partial charge >= 0.3 is 6.36 Å². The number of hydrogen-bond acceptors (Lipinski definition) is 6. The van der Waals surface area contributed by atoms with Crippen LogP contribution in [0.3, 0.4) is 0 Å². The molecule has 9 heteroatoms. The Hall–Kier alpha value is -2.88. The smallest absolute Gasteiger partial charge is 0.405 e. The average molecular weight is 422 g/mol. The summed E-state index contributed by atoms with van der Waals surface area (Å²) >= 11 is 0. The number of nitrogens with two attached hydrogens (primary N) is 2. The Kier molecular flexibility index (Phi) is 8.40. The van der Waals surface area contributed by atoms with Crippen LogP contribution in [-0.4, -0.2) is 32.5 Å². The predicted molar refractivity (Wildman–Crippen MR) is 112 cm³/mol. The molecule has 162 valence electrons. The lowest BCUT2D eigenvalue weighted by atomic mass is 10.0. The summed E-state index contributed by atoms with van der Waals surface area (Å²) in [6.07, 6.45) is -0.222. The van der Waals surface area contributed by atoms with E-state index in [1.165, 1.54) is 26.3 Å². The number of hydrazone groups is 1. The molecule has 0 aromatic heterocycles. The van der Waals surface area contributed by atoms with E-state index in [4.69, 9.17) is 10.5 Å². The second kappa shape index (κ2) is 10.8. The first-order chi connectivity index (χ1) is 14.4. The van der Waals surface area contributed by atoms with Gasteiger partial charge in [0.15, 0.2) is 0 Å². The van der Waals surface area contributed by atoms with Crippen LogP contribution in [0.2, 0.25) is 0 Å². The summed E-state index contributed by atoms with van der Waals surface area (Å²) in [6.45, 7) is 0. The van der Waals surface area contributed by atoms with Gasteiger partial charge in [0.1, 0.15) is 12.0 Å². The van der Waals surface area contributed by atoms with Gasteiger partial charge in [-0.3, -0.25) is 0 Å². The molecule has 0 amide bonds. The van der Waals surface area contributed by atoms with Crippen molar-refractivity contribution in [1.82, 2.24) is 0 Å². The molecule has 1 unspecified atom stereocenters. The molecule has 0 fully saturated rings. The number of methoxy groups -OCH3 is 1.